The molecular weight excluding hydrogens is 265 g/mol. The number of benzene rings is 2. The topological polar surface area (TPSA) is 21.3 Å². The highest BCUT2D eigenvalue weighted by Gasteiger charge is 2.23. The molecule has 0 aliphatic carbocycles. The molecule has 2 aromatic carbocycles. The third kappa shape index (κ3) is 3.61. The van der Waals surface area contributed by atoms with Gasteiger partial charge in [0, 0.05) is 24.6 Å². The number of nitrogens with one attached hydrogen (secondary N) is 1. The molecule has 3 heteroatoms. The second kappa shape index (κ2) is 6.27. The lowest BCUT2D eigenvalue weighted by atomic mass is 10.1. The molecule has 0 fully saturated rings. The summed E-state index contributed by atoms with van der Waals surface area (Å²) in [7, 11) is 0. The van der Waals surface area contributed by atoms with Crippen LogP contribution in [-0.2, 0) is 12.8 Å². The van der Waals surface area contributed by atoms with E-state index in [-0.39, 0.29) is 11.9 Å². The molecule has 110 valence electrons. The lowest BCUT2D eigenvalue weighted by molar-refractivity contribution is 0.222. The van der Waals surface area contributed by atoms with Crippen LogP contribution >= 0.6 is 0 Å². The predicted molar refractivity (Wildman–Crippen MR) is 82.1 cm³/mol. The van der Waals surface area contributed by atoms with Crippen molar-refractivity contribution in [2.75, 3.05) is 6.54 Å². The van der Waals surface area contributed by atoms with Crippen LogP contribution in [0.3, 0.4) is 0 Å². The first kappa shape index (κ1) is 14.1. The zero-order valence-corrected chi connectivity index (χ0v) is 12.2. The van der Waals surface area contributed by atoms with E-state index in [9.17, 15) is 4.39 Å². The van der Waals surface area contributed by atoms with Crippen LogP contribution < -0.4 is 10.1 Å². The lowest BCUT2D eigenvalue weighted by Crippen LogP contribution is -2.36. The van der Waals surface area contributed by atoms with Gasteiger partial charge in [0.25, 0.3) is 0 Å². The molecule has 1 N–H and O–H groups in total. The number of ether oxygens (including phenoxy) is 1. The first-order chi connectivity index (χ1) is 10.2. The van der Waals surface area contributed by atoms with Gasteiger partial charge >= 0.3 is 0 Å². The molecule has 3 rings (SSSR count). The average molecular weight is 285 g/mol. The van der Waals surface area contributed by atoms with Crippen molar-refractivity contribution in [2.24, 2.45) is 0 Å². The van der Waals surface area contributed by atoms with Crippen molar-refractivity contribution in [2.45, 2.75) is 31.9 Å². The Kier molecular flexibility index (Phi) is 4.20. The van der Waals surface area contributed by atoms with Gasteiger partial charge in [0.2, 0.25) is 0 Å². The molecule has 0 amide bonds. The minimum Gasteiger partial charge on any atom is -0.488 e. The van der Waals surface area contributed by atoms with Crippen molar-refractivity contribution in [3.8, 4) is 5.75 Å². The van der Waals surface area contributed by atoms with Gasteiger partial charge in [-0.15, -0.1) is 0 Å². The van der Waals surface area contributed by atoms with Gasteiger partial charge in [-0.1, -0.05) is 30.3 Å². The Hall–Kier alpha value is -1.87. The first-order valence-electron chi connectivity index (χ1n) is 7.43. The molecule has 21 heavy (non-hydrogen) atoms. The van der Waals surface area contributed by atoms with Gasteiger partial charge in [-0.2, -0.15) is 0 Å². The summed E-state index contributed by atoms with van der Waals surface area (Å²) < 4.78 is 19.0. The van der Waals surface area contributed by atoms with Gasteiger partial charge in [-0.3, -0.25) is 0 Å². The zero-order chi connectivity index (χ0) is 14.7. The molecule has 1 aliphatic heterocycles. The maximum Gasteiger partial charge on any atom is 0.123 e. The van der Waals surface area contributed by atoms with E-state index in [0.717, 1.165) is 30.7 Å². The van der Waals surface area contributed by atoms with Crippen LogP contribution in [0, 0.1) is 5.82 Å². The molecule has 0 saturated carbocycles. The van der Waals surface area contributed by atoms with Crippen LogP contribution in [0.15, 0.2) is 48.5 Å². The number of rotatable bonds is 5. The fourth-order valence-corrected chi connectivity index (χ4v) is 2.78. The maximum atomic E-state index is 13.2. The monoisotopic (exact) mass is 285 g/mol. The first-order valence-corrected chi connectivity index (χ1v) is 7.43. The van der Waals surface area contributed by atoms with Gasteiger partial charge in [0.05, 0.1) is 0 Å². The van der Waals surface area contributed by atoms with Crippen LogP contribution in [0.2, 0.25) is 0 Å². The predicted octanol–water partition coefficient (Wildman–Crippen LogP) is 3.35. The summed E-state index contributed by atoms with van der Waals surface area (Å²) in [5, 5.41) is 3.50. The Morgan fingerprint density at radius 1 is 1.24 bits per heavy atom. The van der Waals surface area contributed by atoms with Crippen molar-refractivity contribution in [3.63, 3.8) is 0 Å². The van der Waals surface area contributed by atoms with Crippen LogP contribution in [0.25, 0.3) is 0 Å². The van der Waals surface area contributed by atoms with Gasteiger partial charge in [0.15, 0.2) is 0 Å². The number of hydrogen-bond acceptors (Lipinski definition) is 2. The SMILES string of the molecule is CC(Cc1ccccc1)NCC1Cc2cc(F)ccc2O1. The molecule has 2 unspecified atom stereocenters. The molecule has 0 aromatic heterocycles. The minimum absolute atomic E-state index is 0.0972. The van der Waals surface area contributed by atoms with Crippen molar-refractivity contribution in [1.29, 1.82) is 0 Å². The van der Waals surface area contributed by atoms with Crippen molar-refractivity contribution in [3.05, 3.63) is 65.5 Å². The van der Waals surface area contributed by atoms with Crippen LogP contribution in [0.1, 0.15) is 18.1 Å². The molecule has 0 bridgehead atoms. The van der Waals surface area contributed by atoms with E-state index in [1.807, 2.05) is 6.07 Å². The Balaban J connectivity index is 1.48. The highest BCUT2D eigenvalue weighted by molar-refractivity contribution is 5.37. The number of fused-ring (bicyclic) bond motifs is 1. The lowest BCUT2D eigenvalue weighted by Gasteiger charge is -2.17. The number of halogens is 1. The number of hydrogen-bond donors (Lipinski definition) is 1. The smallest absolute Gasteiger partial charge is 0.123 e. The Labute approximate surface area is 125 Å². The van der Waals surface area contributed by atoms with E-state index in [0.29, 0.717) is 6.04 Å². The minimum atomic E-state index is -0.191. The molecule has 1 heterocycles. The van der Waals surface area contributed by atoms with Crippen LogP contribution in [0.5, 0.6) is 5.75 Å². The molecule has 0 spiro atoms. The fraction of sp³-hybridized carbons (Fsp3) is 0.333. The summed E-state index contributed by atoms with van der Waals surface area (Å²) in [4.78, 5) is 0. The molecule has 2 nitrogen and oxygen atoms in total. The standard InChI is InChI=1S/C18H20FNO/c1-13(9-14-5-3-2-4-6-14)20-12-17-11-15-10-16(19)7-8-18(15)21-17/h2-8,10,13,17,20H,9,11-12H2,1H3. The van der Waals surface area contributed by atoms with Gasteiger partial charge in [0.1, 0.15) is 17.7 Å². The Morgan fingerprint density at radius 3 is 2.86 bits per heavy atom. The summed E-state index contributed by atoms with van der Waals surface area (Å²) in [6, 6.07) is 15.6. The Bertz CT molecular complexity index is 599. The van der Waals surface area contributed by atoms with E-state index in [1.165, 1.54) is 11.6 Å². The van der Waals surface area contributed by atoms with E-state index < -0.39 is 0 Å². The van der Waals surface area contributed by atoms with E-state index in [2.05, 4.69) is 36.5 Å². The maximum absolute atomic E-state index is 13.2. The van der Waals surface area contributed by atoms with Crippen LogP contribution in [0.4, 0.5) is 4.39 Å². The molecule has 1 aliphatic rings. The van der Waals surface area contributed by atoms with Crippen LogP contribution in [-0.4, -0.2) is 18.7 Å². The zero-order valence-electron chi connectivity index (χ0n) is 12.2. The summed E-state index contributed by atoms with van der Waals surface area (Å²) in [6.07, 6.45) is 1.87. The molecular formula is C18H20FNO. The average Bonchev–Trinajstić information content (AvgIpc) is 2.88. The highest BCUT2D eigenvalue weighted by Crippen LogP contribution is 2.28. The second-order valence-corrected chi connectivity index (χ2v) is 5.70. The molecule has 0 radical (unpaired) electrons. The highest BCUT2D eigenvalue weighted by atomic mass is 19.1. The summed E-state index contributed by atoms with van der Waals surface area (Å²) >= 11 is 0. The molecule has 2 aromatic rings. The quantitative estimate of drug-likeness (QED) is 0.909. The molecule has 0 saturated heterocycles. The Morgan fingerprint density at radius 2 is 2.05 bits per heavy atom. The van der Waals surface area contributed by atoms with Gasteiger partial charge < -0.3 is 10.1 Å². The third-order valence-electron chi connectivity index (χ3n) is 3.84. The second-order valence-electron chi connectivity index (χ2n) is 5.70. The normalized spacial score (nSPS) is 18.1. The van der Waals surface area contributed by atoms with Crippen molar-refractivity contribution in [1.82, 2.24) is 5.32 Å². The molecule has 2 atom stereocenters. The van der Waals surface area contributed by atoms with Gasteiger partial charge in [-0.25, -0.2) is 4.39 Å². The van der Waals surface area contributed by atoms with Gasteiger partial charge in [-0.05, 0) is 37.1 Å². The third-order valence-corrected chi connectivity index (χ3v) is 3.84. The largest absolute Gasteiger partial charge is 0.488 e. The fourth-order valence-electron chi connectivity index (χ4n) is 2.78. The summed E-state index contributed by atoms with van der Waals surface area (Å²) in [5.41, 5.74) is 2.30. The van der Waals surface area contributed by atoms with Crippen molar-refractivity contribution >= 4 is 0 Å². The van der Waals surface area contributed by atoms with E-state index in [4.69, 9.17) is 4.74 Å². The summed E-state index contributed by atoms with van der Waals surface area (Å²) in [5.74, 6) is 0.627. The van der Waals surface area contributed by atoms with E-state index in [1.54, 1.807) is 12.1 Å². The summed E-state index contributed by atoms with van der Waals surface area (Å²) in [6.45, 7) is 2.96. The van der Waals surface area contributed by atoms with Crippen molar-refractivity contribution < 1.29 is 9.13 Å². The van der Waals surface area contributed by atoms with E-state index >= 15 is 0 Å².